The minimum absolute atomic E-state index is 0.485. The van der Waals surface area contributed by atoms with Crippen LogP contribution in [0, 0.1) is 0 Å². The molecule has 5 nitrogen and oxygen atoms in total. The van der Waals surface area contributed by atoms with Gasteiger partial charge in [0.1, 0.15) is 0 Å². The average Bonchev–Trinajstić information content (AvgIpc) is 2.45. The lowest BCUT2D eigenvalue weighted by atomic mass is 10.3. The van der Waals surface area contributed by atoms with Gasteiger partial charge in [-0.05, 0) is 0 Å². The maximum Gasteiger partial charge on any atom is 0.157 e. The fourth-order valence-corrected chi connectivity index (χ4v) is 0.934. The molecule has 0 bridgehead atoms. The zero-order valence-corrected chi connectivity index (χ0v) is 5.70. The predicted molar refractivity (Wildman–Crippen MR) is 42.7 cm³/mol. The molecule has 2 heterocycles. The molecule has 0 spiro atoms. The fourth-order valence-electron chi connectivity index (χ4n) is 0.934. The third kappa shape index (κ3) is 0.706. The predicted octanol–water partition coefficient (Wildman–Crippen LogP) is 0.122. The van der Waals surface area contributed by atoms with Crippen molar-refractivity contribution < 1.29 is 0 Å². The zero-order valence-electron chi connectivity index (χ0n) is 5.70. The van der Waals surface area contributed by atoms with Crippen LogP contribution >= 0.6 is 0 Å². The van der Waals surface area contributed by atoms with Crippen LogP contribution < -0.4 is 11.5 Å². The van der Waals surface area contributed by atoms with Crippen molar-refractivity contribution in [1.82, 2.24) is 15.2 Å². The van der Waals surface area contributed by atoms with E-state index in [1.54, 1.807) is 6.20 Å². The lowest BCUT2D eigenvalue weighted by Crippen LogP contribution is -1.95. The van der Waals surface area contributed by atoms with Crippen molar-refractivity contribution in [3.8, 4) is 0 Å². The second-order valence-corrected chi connectivity index (χ2v) is 2.26. The molecule has 2 aromatic heterocycles. The van der Waals surface area contributed by atoms with E-state index < -0.39 is 0 Å². The molecule has 0 saturated heterocycles. The summed E-state index contributed by atoms with van der Waals surface area (Å²) in [7, 11) is 0. The van der Waals surface area contributed by atoms with Gasteiger partial charge in [-0.2, -0.15) is 5.10 Å². The molecule has 0 aromatic carbocycles. The molecule has 5 N–H and O–H groups in total. The maximum absolute atomic E-state index is 5.64. The lowest BCUT2D eigenvalue weighted by Gasteiger charge is -1.97. The van der Waals surface area contributed by atoms with E-state index in [1.165, 1.54) is 6.20 Å². The third-order valence-corrected chi connectivity index (χ3v) is 1.55. The van der Waals surface area contributed by atoms with E-state index in [2.05, 4.69) is 15.2 Å². The smallest absolute Gasteiger partial charge is 0.157 e. The SMILES string of the molecule is Nc1cnc2[nH]ncc2c1N. The van der Waals surface area contributed by atoms with Crippen LogP contribution in [0.5, 0.6) is 0 Å². The van der Waals surface area contributed by atoms with Crippen LogP contribution in [0.1, 0.15) is 0 Å². The van der Waals surface area contributed by atoms with Gasteiger partial charge >= 0.3 is 0 Å². The number of nitrogens with two attached hydrogens (primary N) is 2. The van der Waals surface area contributed by atoms with Crippen molar-refractivity contribution in [2.45, 2.75) is 0 Å². The summed E-state index contributed by atoms with van der Waals surface area (Å²) in [5, 5.41) is 7.24. The molecule has 0 radical (unpaired) electrons. The second kappa shape index (κ2) is 1.85. The van der Waals surface area contributed by atoms with Gasteiger partial charge in [0.15, 0.2) is 5.65 Å². The zero-order chi connectivity index (χ0) is 7.84. The van der Waals surface area contributed by atoms with Gasteiger partial charge in [0, 0.05) is 0 Å². The topological polar surface area (TPSA) is 93.6 Å². The number of fused-ring (bicyclic) bond motifs is 1. The molecule has 0 fully saturated rings. The number of hydrogen-bond acceptors (Lipinski definition) is 4. The van der Waals surface area contributed by atoms with Gasteiger partial charge in [-0.3, -0.25) is 5.10 Å². The Balaban J connectivity index is 2.93. The van der Waals surface area contributed by atoms with E-state index in [9.17, 15) is 0 Å². The van der Waals surface area contributed by atoms with Gasteiger partial charge in [-0.15, -0.1) is 0 Å². The quantitative estimate of drug-likeness (QED) is 0.496. The number of rotatable bonds is 0. The van der Waals surface area contributed by atoms with E-state index in [0.717, 1.165) is 5.39 Å². The van der Waals surface area contributed by atoms with Crippen LogP contribution in [0.25, 0.3) is 11.0 Å². The molecule has 5 heteroatoms. The van der Waals surface area contributed by atoms with Gasteiger partial charge < -0.3 is 11.5 Å². The Morgan fingerprint density at radius 3 is 2.91 bits per heavy atom. The van der Waals surface area contributed by atoms with Gasteiger partial charge in [0.2, 0.25) is 0 Å². The molecule has 0 amide bonds. The number of H-pyrrole nitrogens is 1. The number of nitrogen functional groups attached to an aromatic ring is 2. The molecule has 0 saturated carbocycles. The first-order valence-electron chi connectivity index (χ1n) is 3.12. The highest BCUT2D eigenvalue weighted by molar-refractivity contribution is 5.93. The summed E-state index contributed by atoms with van der Waals surface area (Å²) in [6.07, 6.45) is 3.11. The lowest BCUT2D eigenvalue weighted by molar-refractivity contribution is 1.10. The van der Waals surface area contributed by atoms with Gasteiger partial charge in [0.25, 0.3) is 0 Å². The van der Waals surface area contributed by atoms with Crippen LogP contribution in [0.2, 0.25) is 0 Å². The Kier molecular flexibility index (Phi) is 1.00. The van der Waals surface area contributed by atoms with Crippen molar-refractivity contribution in [3.63, 3.8) is 0 Å². The largest absolute Gasteiger partial charge is 0.396 e. The van der Waals surface area contributed by atoms with Crippen LogP contribution in [-0.2, 0) is 0 Å². The Labute approximate surface area is 62.4 Å². The highest BCUT2D eigenvalue weighted by atomic mass is 15.1. The third-order valence-electron chi connectivity index (χ3n) is 1.55. The van der Waals surface area contributed by atoms with E-state index in [4.69, 9.17) is 11.5 Å². The Bertz CT molecular complexity index is 391. The summed E-state index contributed by atoms with van der Waals surface area (Å²) in [5.74, 6) is 0. The van der Waals surface area contributed by atoms with Crippen LogP contribution in [0.15, 0.2) is 12.4 Å². The summed E-state index contributed by atoms with van der Waals surface area (Å²) in [6, 6.07) is 0. The van der Waals surface area contributed by atoms with E-state index in [0.29, 0.717) is 17.0 Å². The molecule has 0 aliphatic heterocycles. The molecular weight excluding hydrogens is 142 g/mol. The minimum atomic E-state index is 0.485. The van der Waals surface area contributed by atoms with Crippen molar-refractivity contribution in [1.29, 1.82) is 0 Å². The monoisotopic (exact) mass is 149 g/mol. The second-order valence-electron chi connectivity index (χ2n) is 2.26. The molecule has 56 valence electrons. The Morgan fingerprint density at radius 2 is 2.09 bits per heavy atom. The van der Waals surface area contributed by atoms with Gasteiger partial charge in [-0.1, -0.05) is 0 Å². The maximum atomic E-state index is 5.64. The molecular formula is C6H7N5. The van der Waals surface area contributed by atoms with Crippen LogP contribution in [0.4, 0.5) is 11.4 Å². The van der Waals surface area contributed by atoms with E-state index >= 15 is 0 Å². The Hall–Kier alpha value is -1.78. The van der Waals surface area contributed by atoms with Crippen molar-refractivity contribution in [2.75, 3.05) is 11.5 Å². The van der Waals surface area contributed by atoms with E-state index in [-0.39, 0.29) is 0 Å². The van der Waals surface area contributed by atoms with Gasteiger partial charge in [0.05, 0.1) is 29.2 Å². The molecule has 0 atom stereocenters. The van der Waals surface area contributed by atoms with Crippen LogP contribution in [-0.4, -0.2) is 15.2 Å². The molecule has 0 aliphatic rings. The molecule has 2 aromatic rings. The molecule has 2 rings (SSSR count). The minimum Gasteiger partial charge on any atom is -0.396 e. The van der Waals surface area contributed by atoms with Crippen LogP contribution in [0.3, 0.4) is 0 Å². The standard InChI is InChI=1S/C6H7N5/c7-4-2-9-6-3(5(4)8)1-10-11-6/h1-2H,7H2,(H3,8,9,10,11). The average molecular weight is 149 g/mol. The van der Waals surface area contributed by atoms with Gasteiger partial charge in [-0.25, -0.2) is 4.98 Å². The molecule has 11 heavy (non-hydrogen) atoms. The summed E-state index contributed by atoms with van der Waals surface area (Å²) in [5.41, 5.74) is 12.8. The fraction of sp³-hybridized carbons (Fsp3) is 0. The summed E-state index contributed by atoms with van der Waals surface area (Å²) in [4.78, 5) is 3.98. The number of hydrogen-bond donors (Lipinski definition) is 3. The Morgan fingerprint density at radius 1 is 1.27 bits per heavy atom. The summed E-state index contributed by atoms with van der Waals surface area (Å²) in [6.45, 7) is 0. The highest BCUT2D eigenvalue weighted by Crippen LogP contribution is 2.21. The summed E-state index contributed by atoms with van der Waals surface area (Å²) >= 11 is 0. The first kappa shape index (κ1) is 5.96. The number of anilines is 2. The number of aromatic amines is 1. The number of aromatic nitrogens is 3. The first-order chi connectivity index (χ1) is 5.29. The number of nitrogens with one attached hydrogen (secondary N) is 1. The van der Waals surface area contributed by atoms with Crippen molar-refractivity contribution in [2.24, 2.45) is 0 Å². The van der Waals surface area contributed by atoms with Crippen molar-refractivity contribution >= 4 is 22.4 Å². The van der Waals surface area contributed by atoms with Crippen molar-refractivity contribution in [3.05, 3.63) is 12.4 Å². The normalized spacial score (nSPS) is 10.5. The molecule has 0 unspecified atom stereocenters. The highest BCUT2D eigenvalue weighted by Gasteiger charge is 2.02. The first-order valence-corrected chi connectivity index (χ1v) is 3.12. The number of pyridine rings is 1. The van der Waals surface area contributed by atoms with E-state index in [1.807, 2.05) is 0 Å². The number of nitrogens with zero attached hydrogens (tertiary/aromatic N) is 2. The summed E-state index contributed by atoms with van der Waals surface area (Å²) < 4.78 is 0. The molecule has 0 aliphatic carbocycles.